The fourth-order valence-electron chi connectivity index (χ4n) is 5.73. The number of benzene rings is 1. The van der Waals surface area contributed by atoms with Crippen molar-refractivity contribution in [1.82, 2.24) is 30.6 Å². The number of amides is 1. The van der Waals surface area contributed by atoms with Crippen LogP contribution in [0.15, 0.2) is 27.3 Å². The van der Waals surface area contributed by atoms with Crippen molar-refractivity contribution in [2.24, 2.45) is 11.8 Å². The molecule has 1 unspecified atom stereocenters. The zero-order valence-electron chi connectivity index (χ0n) is 22.2. The highest BCUT2D eigenvalue weighted by Gasteiger charge is 2.34. The van der Waals surface area contributed by atoms with Crippen LogP contribution in [0.1, 0.15) is 78.0 Å². The first-order valence-corrected chi connectivity index (χ1v) is 13.4. The number of carbonyl (C=O) groups is 1. The molecule has 0 radical (unpaired) electrons. The highest BCUT2D eigenvalue weighted by molar-refractivity contribution is 5.95. The van der Waals surface area contributed by atoms with Crippen LogP contribution < -0.4 is 10.2 Å². The lowest BCUT2D eigenvalue weighted by atomic mass is 9.79. The van der Waals surface area contributed by atoms with Crippen molar-refractivity contribution < 1.29 is 22.9 Å². The van der Waals surface area contributed by atoms with Crippen LogP contribution in [-0.2, 0) is 4.74 Å². The number of rotatable bonds is 6. The Morgan fingerprint density at radius 3 is 2.74 bits per heavy atom. The Morgan fingerprint density at radius 1 is 1.21 bits per heavy atom. The lowest BCUT2D eigenvalue weighted by Gasteiger charge is -2.34. The molecule has 1 aliphatic heterocycles. The van der Waals surface area contributed by atoms with Gasteiger partial charge in [-0.3, -0.25) is 4.79 Å². The van der Waals surface area contributed by atoms with Gasteiger partial charge in [0, 0.05) is 19.0 Å². The summed E-state index contributed by atoms with van der Waals surface area (Å²) >= 11 is 0. The summed E-state index contributed by atoms with van der Waals surface area (Å²) in [6.45, 7) is 6.93. The largest absolute Gasteiger partial charge is 0.408 e. The maximum Gasteiger partial charge on any atom is 0.318 e. The predicted octanol–water partition coefficient (Wildman–Crippen LogP) is 4.57. The fourth-order valence-corrected chi connectivity index (χ4v) is 5.73. The van der Waals surface area contributed by atoms with Crippen LogP contribution in [0.25, 0.3) is 11.0 Å². The monoisotopic (exact) mass is 537 g/mol. The number of aryl methyl sites for hydroxylation is 2. The summed E-state index contributed by atoms with van der Waals surface area (Å²) in [5.41, 5.74) is 2.11. The summed E-state index contributed by atoms with van der Waals surface area (Å²) in [6.07, 6.45) is 5.36. The molecule has 39 heavy (non-hydrogen) atoms. The quantitative estimate of drug-likeness (QED) is 0.363. The second-order valence-electron chi connectivity index (χ2n) is 10.7. The van der Waals surface area contributed by atoms with Gasteiger partial charge in [-0.2, -0.15) is 0 Å². The molecule has 2 aliphatic rings. The molecular formula is C27H32FN7O4. The van der Waals surface area contributed by atoms with E-state index in [1.807, 2.05) is 11.0 Å². The number of carbonyl (C=O) groups excluding carboxylic acids is 1. The van der Waals surface area contributed by atoms with E-state index in [9.17, 15) is 4.79 Å². The van der Waals surface area contributed by atoms with Gasteiger partial charge in [0.1, 0.15) is 23.2 Å². The van der Waals surface area contributed by atoms with Gasteiger partial charge in [-0.05, 0) is 37.7 Å². The Bertz CT molecular complexity index is 1470. The second kappa shape index (κ2) is 10.4. The molecule has 4 aromatic rings. The number of fused-ring (bicyclic) bond motifs is 1. The molecule has 2 N–H and O–H groups in total. The predicted molar refractivity (Wildman–Crippen MR) is 139 cm³/mol. The molecule has 2 atom stereocenters. The summed E-state index contributed by atoms with van der Waals surface area (Å²) in [7, 11) is 0. The molecule has 6 rings (SSSR count). The number of aromatic nitrogens is 5. The molecule has 0 spiro atoms. The van der Waals surface area contributed by atoms with E-state index < -0.39 is 17.9 Å². The number of nitrogens with zero attached hydrogens (tertiary/aromatic N) is 5. The molecular weight excluding hydrogens is 505 g/mol. The number of aromatic amines is 1. The molecule has 1 aliphatic carbocycles. The molecule has 1 amide bonds. The summed E-state index contributed by atoms with van der Waals surface area (Å²) in [6, 6.07) is 3.04. The molecule has 0 bridgehead atoms. The number of imidazole rings is 1. The first-order valence-electron chi connectivity index (χ1n) is 13.4. The van der Waals surface area contributed by atoms with Gasteiger partial charge in [0.05, 0.1) is 36.5 Å². The van der Waals surface area contributed by atoms with E-state index in [-0.39, 0.29) is 23.9 Å². The molecule has 206 valence electrons. The van der Waals surface area contributed by atoms with Gasteiger partial charge >= 0.3 is 6.01 Å². The van der Waals surface area contributed by atoms with Gasteiger partial charge in [0.25, 0.3) is 5.91 Å². The van der Waals surface area contributed by atoms with Crippen LogP contribution in [0.4, 0.5) is 10.4 Å². The molecule has 1 saturated heterocycles. The number of H-pyrrole nitrogens is 1. The molecule has 4 heterocycles. The number of ether oxygens (including phenoxy) is 1. The van der Waals surface area contributed by atoms with E-state index in [1.54, 1.807) is 19.9 Å². The highest BCUT2D eigenvalue weighted by Crippen LogP contribution is 2.38. The third kappa shape index (κ3) is 4.88. The smallest absolute Gasteiger partial charge is 0.318 e. The number of morpholine rings is 1. The first-order chi connectivity index (χ1) is 18.9. The summed E-state index contributed by atoms with van der Waals surface area (Å²) < 4.78 is 32.4. The topological polar surface area (TPSA) is 135 Å². The Hall–Kier alpha value is -3.80. The van der Waals surface area contributed by atoms with E-state index in [0.29, 0.717) is 59.1 Å². The normalized spacial score (nSPS) is 22.8. The molecule has 3 aromatic heterocycles. The molecule has 2 fully saturated rings. The minimum absolute atomic E-state index is 0.163. The average Bonchev–Trinajstić information content (AvgIpc) is 3.68. The second-order valence-corrected chi connectivity index (χ2v) is 10.7. The Labute approximate surface area is 224 Å². The minimum Gasteiger partial charge on any atom is -0.408 e. The Morgan fingerprint density at radius 2 is 2.03 bits per heavy atom. The summed E-state index contributed by atoms with van der Waals surface area (Å²) in [5.74, 6) is 1.04. The zero-order valence-corrected chi connectivity index (χ0v) is 22.2. The molecule has 12 heteroatoms. The minimum atomic E-state index is -0.449. The van der Waals surface area contributed by atoms with Gasteiger partial charge in [-0.25, -0.2) is 9.37 Å². The van der Waals surface area contributed by atoms with Gasteiger partial charge in [-0.15, -0.1) is 5.10 Å². The lowest BCUT2D eigenvalue weighted by molar-refractivity contribution is 0.0900. The van der Waals surface area contributed by atoms with E-state index in [2.05, 4.69) is 32.6 Å². The first kappa shape index (κ1) is 25.5. The maximum atomic E-state index is 16.1. The van der Waals surface area contributed by atoms with Crippen LogP contribution >= 0.6 is 0 Å². The van der Waals surface area contributed by atoms with Gasteiger partial charge in [0.15, 0.2) is 5.82 Å². The third-order valence-corrected chi connectivity index (χ3v) is 8.00. The van der Waals surface area contributed by atoms with Gasteiger partial charge in [-0.1, -0.05) is 36.1 Å². The standard InChI is InChI=1S/C27H32FN7O4/c1-14-4-6-17(7-5-14)23(31-26(36)19-12-38-34-15(19)2)25-29-20-9-8-18(22(28)24(20)30-25)21-13-37-11-10-35(21)27-33-32-16(3)39-27/h8-9,12,14,17,21,23H,4-7,10-11,13H2,1-3H3,(H,29,30)(H,31,36)/t14?,17?,21?,23-/m0/s1. The number of halogens is 1. The van der Waals surface area contributed by atoms with Gasteiger partial charge in [0.2, 0.25) is 5.89 Å². The van der Waals surface area contributed by atoms with Crippen LogP contribution in [0.5, 0.6) is 0 Å². The number of nitrogens with one attached hydrogen (secondary N) is 2. The molecule has 1 saturated carbocycles. The van der Waals surface area contributed by atoms with Crippen molar-refractivity contribution in [3.8, 4) is 0 Å². The number of anilines is 1. The van der Waals surface area contributed by atoms with E-state index in [4.69, 9.17) is 18.7 Å². The number of hydrogen-bond donors (Lipinski definition) is 2. The molecule has 1 aromatic carbocycles. The number of hydrogen-bond acceptors (Lipinski definition) is 9. The van der Waals surface area contributed by atoms with Crippen LogP contribution in [0, 0.1) is 31.5 Å². The van der Waals surface area contributed by atoms with Crippen molar-refractivity contribution in [3.63, 3.8) is 0 Å². The van der Waals surface area contributed by atoms with Crippen LogP contribution in [0.3, 0.4) is 0 Å². The van der Waals surface area contributed by atoms with Crippen molar-refractivity contribution in [2.45, 2.75) is 58.5 Å². The SMILES string of the molecule is Cc1nnc(N2CCOCC2c2ccc3[nH]c([C@@H](NC(=O)c4conc4C)C4CCC(C)CC4)nc3c2F)o1. The van der Waals surface area contributed by atoms with E-state index >= 15 is 4.39 Å². The van der Waals surface area contributed by atoms with Crippen molar-refractivity contribution in [1.29, 1.82) is 0 Å². The third-order valence-electron chi connectivity index (χ3n) is 8.00. The summed E-state index contributed by atoms with van der Waals surface area (Å²) in [4.78, 5) is 23.1. The van der Waals surface area contributed by atoms with Crippen LogP contribution in [0.2, 0.25) is 0 Å². The zero-order chi connectivity index (χ0) is 27.1. The van der Waals surface area contributed by atoms with Crippen molar-refractivity contribution >= 4 is 23.0 Å². The van der Waals surface area contributed by atoms with E-state index in [1.165, 1.54) is 6.26 Å². The maximum absolute atomic E-state index is 16.1. The average molecular weight is 538 g/mol. The van der Waals surface area contributed by atoms with Crippen molar-refractivity contribution in [3.05, 3.63) is 52.7 Å². The fraction of sp³-hybridized carbons (Fsp3) is 0.519. The lowest BCUT2D eigenvalue weighted by Crippen LogP contribution is -2.40. The molecule has 11 nitrogen and oxygen atoms in total. The van der Waals surface area contributed by atoms with Crippen molar-refractivity contribution in [2.75, 3.05) is 24.7 Å². The summed E-state index contributed by atoms with van der Waals surface area (Å²) in [5, 5.41) is 15.0. The highest BCUT2D eigenvalue weighted by atomic mass is 19.1. The van der Waals surface area contributed by atoms with Crippen LogP contribution in [-0.4, -0.2) is 51.0 Å². The van der Waals surface area contributed by atoms with Gasteiger partial charge < -0.3 is 28.9 Å². The van der Waals surface area contributed by atoms with E-state index in [0.717, 1.165) is 25.7 Å². The Kier molecular flexibility index (Phi) is 6.79. The Balaban J connectivity index is 1.35.